The molecule has 0 bridgehead atoms. The summed E-state index contributed by atoms with van der Waals surface area (Å²) in [6.07, 6.45) is -4.61. The molecule has 0 aliphatic carbocycles. The summed E-state index contributed by atoms with van der Waals surface area (Å²) < 4.78 is 40.2. The van der Waals surface area contributed by atoms with Crippen LogP contribution >= 0.6 is 0 Å². The summed E-state index contributed by atoms with van der Waals surface area (Å²) >= 11 is 0. The van der Waals surface area contributed by atoms with Crippen LogP contribution in [-0.2, 0) is 5.41 Å². The Morgan fingerprint density at radius 2 is 2.05 bits per heavy atom. The number of rotatable bonds is 0. The third-order valence-electron chi connectivity index (χ3n) is 3.51. The third kappa shape index (κ3) is 2.48. The molecule has 2 rings (SSSR count). The summed E-state index contributed by atoms with van der Waals surface area (Å²) in [5.74, 6) is 0.151. The Morgan fingerprint density at radius 3 is 2.65 bits per heavy atom. The van der Waals surface area contributed by atoms with Gasteiger partial charge in [-0.2, -0.15) is 13.2 Å². The molecule has 0 aromatic heterocycles. The van der Waals surface area contributed by atoms with E-state index in [1.54, 1.807) is 12.1 Å². The van der Waals surface area contributed by atoms with Crippen molar-refractivity contribution in [2.24, 2.45) is 10.7 Å². The van der Waals surface area contributed by atoms with Gasteiger partial charge in [-0.05, 0) is 25.0 Å². The van der Waals surface area contributed by atoms with Crippen LogP contribution in [0.3, 0.4) is 0 Å². The van der Waals surface area contributed by atoms with Crippen molar-refractivity contribution >= 4 is 17.6 Å². The largest absolute Gasteiger partial charge is 0.398 e. The molecule has 0 fully saturated rings. The van der Waals surface area contributed by atoms with Crippen molar-refractivity contribution in [3.63, 3.8) is 0 Å². The van der Waals surface area contributed by atoms with Crippen LogP contribution in [0.2, 0.25) is 0 Å². The molecule has 108 valence electrons. The van der Waals surface area contributed by atoms with Gasteiger partial charge in [-0.1, -0.05) is 18.2 Å². The number of para-hydroxylation sites is 1. The van der Waals surface area contributed by atoms with Crippen molar-refractivity contribution < 1.29 is 18.0 Å². The Bertz CT molecular complexity index is 568. The second-order valence-electron chi connectivity index (χ2n) is 4.89. The summed E-state index contributed by atoms with van der Waals surface area (Å²) in [6.45, 7) is 1.15. The minimum Gasteiger partial charge on any atom is -0.351 e. The Morgan fingerprint density at radius 1 is 1.40 bits per heavy atom. The zero-order valence-electron chi connectivity index (χ0n) is 10.8. The van der Waals surface area contributed by atoms with Crippen LogP contribution in [0.1, 0.15) is 25.3 Å². The number of nitrogens with one attached hydrogen (secondary N) is 1. The summed E-state index contributed by atoms with van der Waals surface area (Å²) in [6, 6.07) is 5.22. The maximum Gasteiger partial charge on any atom is 0.398 e. The van der Waals surface area contributed by atoms with E-state index in [9.17, 15) is 18.0 Å². The van der Waals surface area contributed by atoms with E-state index in [2.05, 4.69) is 10.3 Å². The van der Waals surface area contributed by atoms with Gasteiger partial charge in [0.1, 0.15) is 5.84 Å². The van der Waals surface area contributed by atoms with Crippen LogP contribution in [0, 0.1) is 0 Å². The lowest BCUT2D eigenvalue weighted by Crippen LogP contribution is -2.40. The average Bonchev–Trinajstić information content (AvgIpc) is 2.47. The molecule has 1 atom stereocenters. The summed E-state index contributed by atoms with van der Waals surface area (Å²) in [7, 11) is 0. The number of carbonyl (C=O) groups excluding carboxylic acids is 1. The molecule has 7 heteroatoms. The minimum absolute atomic E-state index is 0.00632. The summed E-state index contributed by atoms with van der Waals surface area (Å²) in [5.41, 5.74) is 3.30. The molecule has 2 amide bonds. The molecule has 1 aromatic carbocycles. The van der Waals surface area contributed by atoms with E-state index in [1.165, 1.54) is 12.1 Å². The van der Waals surface area contributed by atoms with Crippen molar-refractivity contribution in [2.75, 3.05) is 0 Å². The van der Waals surface area contributed by atoms with Crippen molar-refractivity contribution in [1.29, 1.82) is 0 Å². The average molecular weight is 285 g/mol. The van der Waals surface area contributed by atoms with Crippen LogP contribution in [0.25, 0.3) is 0 Å². The Kier molecular flexibility index (Phi) is 3.45. The van der Waals surface area contributed by atoms with E-state index < -0.39 is 17.6 Å². The molecule has 4 nitrogen and oxygen atoms in total. The monoisotopic (exact) mass is 285 g/mol. The van der Waals surface area contributed by atoms with Gasteiger partial charge in [0.05, 0.1) is 11.1 Å². The van der Waals surface area contributed by atoms with Gasteiger partial charge < -0.3 is 5.73 Å². The van der Waals surface area contributed by atoms with Crippen molar-refractivity contribution in [3.05, 3.63) is 29.8 Å². The first-order valence-electron chi connectivity index (χ1n) is 6.04. The lowest BCUT2D eigenvalue weighted by atomic mass is 9.77. The van der Waals surface area contributed by atoms with Crippen LogP contribution in [0.15, 0.2) is 29.3 Å². The van der Waals surface area contributed by atoms with E-state index in [1.807, 2.05) is 0 Å². The molecule has 1 heterocycles. The number of amidine groups is 1. The minimum atomic E-state index is -4.40. The highest BCUT2D eigenvalue weighted by atomic mass is 19.4. The van der Waals surface area contributed by atoms with E-state index in [0.717, 1.165) is 6.92 Å². The number of benzene rings is 1. The fourth-order valence-corrected chi connectivity index (χ4v) is 2.27. The van der Waals surface area contributed by atoms with Gasteiger partial charge >= 0.3 is 12.2 Å². The second-order valence-corrected chi connectivity index (χ2v) is 4.89. The number of alkyl halides is 3. The van der Waals surface area contributed by atoms with E-state index >= 15 is 0 Å². The standard InChI is InChI=1S/C13H14F3N3O/c1-12(13(14,15)16)7-6-10(19-11(17)20)18-9-5-3-2-4-8(9)12/h2-5H,6-7H2,1H3,(H3,17,18,19,20). The number of halogens is 3. The fourth-order valence-electron chi connectivity index (χ4n) is 2.27. The molecule has 0 spiro atoms. The first-order chi connectivity index (χ1) is 9.24. The quantitative estimate of drug-likeness (QED) is 0.756. The van der Waals surface area contributed by atoms with Crippen molar-refractivity contribution in [3.8, 4) is 0 Å². The predicted molar refractivity (Wildman–Crippen MR) is 68.9 cm³/mol. The van der Waals surface area contributed by atoms with Crippen molar-refractivity contribution in [1.82, 2.24) is 5.32 Å². The number of hydrogen-bond donors (Lipinski definition) is 2. The highest BCUT2D eigenvalue weighted by Gasteiger charge is 2.53. The zero-order chi connectivity index (χ0) is 15.0. The molecule has 1 aromatic rings. The third-order valence-corrected chi connectivity index (χ3v) is 3.51. The number of nitrogens with zero attached hydrogens (tertiary/aromatic N) is 1. The van der Waals surface area contributed by atoms with E-state index in [0.29, 0.717) is 0 Å². The van der Waals surface area contributed by atoms with Gasteiger partial charge in [-0.15, -0.1) is 0 Å². The molecule has 1 aliphatic heterocycles. The topological polar surface area (TPSA) is 67.5 Å². The normalized spacial score (nSPS) is 22.5. The maximum absolute atomic E-state index is 13.4. The number of fused-ring (bicyclic) bond motifs is 1. The SMILES string of the molecule is CC1(C(F)(F)F)CCC(NC(N)=O)=Nc2ccccc21. The zero-order valence-corrected chi connectivity index (χ0v) is 10.8. The van der Waals surface area contributed by atoms with Crippen LogP contribution in [0.5, 0.6) is 0 Å². The number of amides is 2. The van der Waals surface area contributed by atoms with E-state index in [-0.39, 0.29) is 29.9 Å². The van der Waals surface area contributed by atoms with Gasteiger partial charge in [0.25, 0.3) is 0 Å². The predicted octanol–water partition coefficient (Wildman–Crippen LogP) is 3.00. The molecule has 0 radical (unpaired) electrons. The number of primary amides is 1. The molecule has 1 aliphatic rings. The maximum atomic E-state index is 13.4. The Hall–Kier alpha value is -2.05. The number of hydrogen-bond acceptors (Lipinski definition) is 2. The second kappa shape index (κ2) is 4.81. The summed E-state index contributed by atoms with van der Waals surface area (Å²) in [4.78, 5) is 15.0. The summed E-state index contributed by atoms with van der Waals surface area (Å²) in [5, 5.41) is 2.27. The Balaban J connectivity index is 2.52. The number of aliphatic imine (C=N–C) groups is 1. The number of urea groups is 1. The first kappa shape index (κ1) is 14.4. The number of nitrogens with two attached hydrogens (primary N) is 1. The fraction of sp³-hybridized carbons (Fsp3) is 0.385. The van der Waals surface area contributed by atoms with Crippen LogP contribution in [0.4, 0.5) is 23.7 Å². The molecule has 0 saturated heterocycles. The highest BCUT2D eigenvalue weighted by molar-refractivity contribution is 5.98. The first-order valence-corrected chi connectivity index (χ1v) is 6.04. The van der Waals surface area contributed by atoms with Crippen LogP contribution in [-0.4, -0.2) is 18.0 Å². The molecule has 3 N–H and O–H groups in total. The van der Waals surface area contributed by atoms with Gasteiger partial charge in [0, 0.05) is 6.42 Å². The lowest BCUT2D eigenvalue weighted by molar-refractivity contribution is -0.186. The smallest absolute Gasteiger partial charge is 0.351 e. The lowest BCUT2D eigenvalue weighted by Gasteiger charge is -2.32. The Labute approximate surface area is 113 Å². The van der Waals surface area contributed by atoms with E-state index in [4.69, 9.17) is 5.73 Å². The molecular weight excluding hydrogens is 271 g/mol. The number of carbonyl (C=O) groups is 1. The molecule has 0 saturated carbocycles. The molecule has 20 heavy (non-hydrogen) atoms. The van der Waals surface area contributed by atoms with Gasteiger partial charge in [-0.25, -0.2) is 9.79 Å². The van der Waals surface area contributed by atoms with Crippen molar-refractivity contribution in [2.45, 2.75) is 31.4 Å². The van der Waals surface area contributed by atoms with Gasteiger partial charge in [-0.3, -0.25) is 5.32 Å². The van der Waals surface area contributed by atoms with Gasteiger partial charge in [0.2, 0.25) is 0 Å². The highest BCUT2D eigenvalue weighted by Crippen LogP contribution is 2.48. The molecule has 1 unspecified atom stereocenters. The van der Waals surface area contributed by atoms with Gasteiger partial charge in [0.15, 0.2) is 0 Å². The molecular formula is C13H14F3N3O. The van der Waals surface area contributed by atoms with Crippen LogP contribution < -0.4 is 11.1 Å².